The Morgan fingerprint density at radius 3 is 2.75 bits per heavy atom. The molecule has 106 valence electrons. The Balaban J connectivity index is 1.86. The van der Waals surface area contributed by atoms with E-state index >= 15 is 0 Å². The molecule has 0 atom stereocenters. The summed E-state index contributed by atoms with van der Waals surface area (Å²) >= 11 is 3.55. The maximum atomic E-state index is 5.88. The van der Waals surface area contributed by atoms with Crippen LogP contribution in [0.25, 0.3) is 5.65 Å². The number of ether oxygens (including phenoxy) is 2. The van der Waals surface area contributed by atoms with Crippen LogP contribution in [0.5, 0.6) is 5.75 Å². The van der Waals surface area contributed by atoms with E-state index in [2.05, 4.69) is 33.5 Å². The lowest BCUT2D eigenvalue weighted by Gasteiger charge is -2.41. The lowest BCUT2D eigenvalue weighted by molar-refractivity contribution is 0.0154. The summed E-state index contributed by atoms with van der Waals surface area (Å²) < 4.78 is 14.4. The highest BCUT2D eigenvalue weighted by Crippen LogP contribution is 2.58. The molecule has 3 fully saturated rings. The summed E-state index contributed by atoms with van der Waals surface area (Å²) in [7, 11) is 1.69. The van der Waals surface area contributed by atoms with Crippen LogP contribution >= 0.6 is 15.9 Å². The quantitative estimate of drug-likeness (QED) is 0.844. The van der Waals surface area contributed by atoms with Crippen molar-refractivity contribution in [1.29, 1.82) is 0 Å². The van der Waals surface area contributed by atoms with Gasteiger partial charge >= 0.3 is 0 Å². The van der Waals surface area contributed by atoms with Crippen molar-refractivity contribution in [2.24, 2.45) is 0 Å². The summed E-state index contributed by atoms with van der Waals surface area (Å²) in [5.74, 6) is 0.855. The van der Waals surface area contributed by atoms with E-state index in [0.717, 1.165) is 46.6 Å². The van der Waals surface area contributed by atoms with Crippen LogP contribution in [0, 0.1) is 6.92 Å². The van der Waals surface area contributed by atoms with Gasteiger partial charge < -0.3 is 13.9 Å². The van der Waals surface area contributed by atoms with Crippen LogP contribution in [0.1, 0.15) is 31.0 Å². The molecule has 2 aromatic heterocycles. The zero-order chi connectivity index (χ0) is 14.1. The minimum atomic E-state index is 0.0864. The Morgan fingerprint density at radius 2 is 2.15 bits per heavy atom. The Labute approximate surface area is 126 Å². The number of hydrogen-bond acceptors (Lipinski definition) is 3. The van der Waals surface area contributed by atoms with Crippen molar-refractivity contribution in [2.45, 2.75) is 37.7 Å². The van der Waals surface area contributed by atoms with E-state index in [9.17, 15) is 0 Å². The van der Waals surface area contributed by atoms with Gasteiger partial charge in [-0.1, -0.05) is 0 Å². The molecule has 2 aliphatic heterocycles. The SMILES string of the molecule is COc1c(Br)cn2cc(C34COC(C)(C3)C4)nc2c1C. The first-order chi connectivity index (χ1) is 9.46. The number of methoxy groups -OCH3 is 1. The highest BCUT2D eigenvalue weighted by Gasteiger charge is 2.61. The summed E-state index contributed by atoms with van der Waals surface area (Å²) in [5.41, 5.74) is 3.40. The van der Waals surface area contributed by atoms with Crippen LogP contribution < -0.4 is 4.74 Å². The Hall–Kier alpha value is -1.07. The van der Waals surface area contributed by atoms with E-state index < -0.39 is 0 Å². The molecule has 2 bridgehead atoms. The van der Waals surface area contributed by atoms with Crippen molar-refractivity contribution in [2.75, 3.05) is 13.7 Å². The monoisotopic (exact) mass is 336 g/mol. The van der Waals surface area contributed by atoms with Crippen LogP contribution in [0.3, 0.4) is 0 Å². The lowest BCUT2D eigenvalue weighted by Crippen LogP contribution is -2.45. The molecule has 20 heavy (non-hydrogen) atoms. The molecule has 0 unspecified atom stereocenters. The van der Waals surface area contributed by atoms with Gasteiger partial charge in [-0.2, -0.15) is 0 Å². The molecular formula is C15H17BrN2O2. The van der Waals surface area contributed by atoms with E-state index in [1.807, 2.05) is 13.1 Å². The number of rotatable bonds is 2. The third kappa shape index (κ3) is 1.48. The molecule has 1 aliphatic carbocycles. The molecule has 0 spiro atoms. The molecule has 2 aromatic rings. The second-order valence-electron chi connectivity index (χ2n) is 6.36. The molecule has 4 heterocycles. The summed E-state index contributed by atoms with van der Waals surface area (Å²) in [6, 6.07) is 0. The van der Waals surface area contributed by atoms with Gasteiger partial charge in [-0.3, -0.25) is 0 Å². The molecular weight excluding hydrogens is 320 g/mol. The average molecular weight is 337 g/mol. The molecule has 0 amide bonds. The Morgan fingerprint density at radius 1 is 1.40 bits per heavy atom. The van der Waals surface area contributed by atoms with Crippen molar-refractivity contribution in [3.63, 3.8) is 0 Å². The third-order valence-corrected chi connectivity index (χ3v) is 5.31. The molecule has 5 heteroatoms. The van der Waals surface area contributed by atoms with E-state index in [0.29, 0.717) is 0 Å². The zero-order valence-corrected chi connectivity index (χ0v) is 13.5. The lowest BCUT2D eigenvalue weighted by atomic mass is 9.62. The highest BCUT2D eigenvalue weighted by molar-refractivity contribution is 9.10. The van der Waals surface area contributed by atoms with Gasteiger partial charge in [0.25, 0.3) is 0 Å². The number of halogens is 1. The first kappa shape index (κ1) is 12.7. The zero-order valence-electron chi connectivity index (χ0n) is 11.9. The third-order valence-electron chi connectivity index (χ3n) is 4.75. The maximum absolute atomic E-state index is 5.88. The summed E-state index contributed by atoms with van der Waals surface area (Å²) in [4.78, 5) is 4.87. The van der Waals surface area contributed by atoms with E-state index in [1.165, 1.54) is 0 Å². The second kappa shape index (κ2) is 3.77. The Kier molecular flexibility index (Phi) is 2.38. The van der Waals surface area contributed by atoms with Crippen LogP contribution in [0.15, 0.2) is 16.9 Å². The van der Waals surface area contributed by atoms with E-state index in [-0.39, 0.29) is 11.0 Å². The summed E-state index contributed by atoms with van der Waals surface area (Å²) in [5, 5.41) is 0. The first-order valence-electron chi connectivity index (χ1n) is 6.83. The van der Waals surface area contributed by atoms with Gasteiger partial charge in [-0.25, -0.2) is 4.98 Å². The highest BCUT2D eigenvalue weighted by atomic mass is 79.9. The van der Waals surface area contributed by atoms with Gasteiger partial charge in [0.2, 0.25) is 0 Å². The van der Waals surface area contributed by atoms with E-state index in [4.69, 9.17) is 14.5 Å². The number of imidazole rings is 1. The molecule has 4 nitrogen and oxygen atoms in total. The average Bonchev–Trinajstić information content (AvgIpc) is 3.00. The molecule has 0 N–H and O–H groups in total. The normalized spacial score (nSPS) is 31.6. The van der Waals surface area contributed by atoms with Gasteiger partial charge in [0.1, 0.15) is 11.4 Å². The van der Waals surface area contributed by atoms with Crippen LogP contribution in [-0.4, -0.2) is 28.7 Å². The number of fused-ring (bicyclic) bond motifs is 2. The van der Waals surface area contributed by atoms with Crippen molar-refractivity contribution >= 4 is 21.6 Å². The van der Waals surface area contributed by atoms with Crippen molar-refractivity contribution in [3.05, 3.63) is 28.1 Å². The topological polar surface area (TPSA) is 35.8 Å². The molecule has 0 aromatic carbocycles. The molecule has 3 aliphatic rings. The molecule has 1 saturated carbocycles. The second-order valence-corrected chi connectivity index (χ2v) is 7.22. The largest absolute Gasteiger partial charge is 0.495 e. The van der Waals surface area contributed by atoms with Crippen molar-refractivity contribution in [3.8, 4) is 5.75 Å². The fraction of sp³-hybridized carbons (Fsp3) is 0.533. The molecule has 0 radical (unpaired) electrons. The minimum Gasteiger partial charge on any atom is -0.495 e. The van der Waals surface area contributed by atoms with Crippen LogP contribution in [0.4, 0.5) is 0 Å². The van der Waals surface area contributed by atoms with Crippen molar-refractivity contribution in [1.82, 2.24) is 9.38 Å². The van der Waals surface area contributed by atoms with Crippen LogP contribution in [0.2, 0.25) is 0 Å². The number of hydrogen-bond donors (Lipinski definition) is 0. The van der Waals surface area contributed by atoms with Gasteiger partial charge in [0, 0.05) is 23.4 Å². The number of nitrogens with zero attached hydrogens (tertiary/aromatic N) is 2. The van der Waals surface area contributed by atoms with Gasteiger partial charge in [-0.15, -0.1) is 0 Å². The number of aryl methyl sites for hydroxylation is 1. The fourth-order valence-corrected chi connectivity index (χ4v) is 4.57. The maximum Gasteiger partial charge on any atom is 0.143 e. The smallest absolute Gasteiger partial charge is 0.143 e. The predicted octanol–water partition coefficient (Wildman–Crippen LogP) is 3.23. The molecule has 5 rings (SSSR count). The van der Waals surface area contributed by atoms with Crippen molar-refractivity contribution < 1.29 is 9.47 Å². The van der Waals surface area contributed by atoms with E-state index in [1.54, 1.807) is 7.11 Å². The first-order valence-corrected chi connectivity index (χ1v) is 7.62. The number of aromatic nitrogens is 2. The van der Waals surface area contributed by atoms with Gasteiger partial charge in [0.05, 0.1) is 29.5 Å². The predicted molar refractivity (Wildman–Crippen MR) is 79.5 cm³/mol. The summed E-state index contributed by atoms with van der Waals surface area (Å²) in [6.07, 6.45) is 6.32. The van der Waals surface area contributed by atoms with Gasteiger partial charge in [0.15, 0.2) is 0 Å². The number of pyridine rings is 1. The standard InChI is InChI=1S/C15H17BrN2O2/c1-9-12(19-3)10(16)4-18-5-11(17-13(9)18)15-6-14(2,7-15)20-8-15/h4-5H,6-8H2,1-3H3. The van der Waals surface area contributed by atoms with Gasteiger partial charge in [-0.05, 0) is 42.6 Å². The minimum absolute atomic E-state index is 0.0864. The molecule has 2 saturated heterocycles. The fourth-order valence-electron chi connectivity index (χ4n) is 3.89. The Bertz CT molecular complexity index is 716. The van der Waals surface area contributed by atoms with Crippen LogP contribution in [-0.2, 0) is 10.2 Å². The summed E-state index contributed by atoms with van der Waals surface area (Å²) in [6.45, 7) is 5.03.